The number of rotatable bonds is 3. The van der Waals surface area contributed by atoms with Gasteiger partial charge >= 0.3 is 5.97 Å². The Hall–Kier alpha value is -1.35. The molecule has 20 heavy (non-hydrogen) atoms. The smallest absolute Gasteiger partial charge is 0.308 e. The molecule has 0 spiro atoms. The van der Waals surface area contributed by atoms with Crippen LogP contribution in [0, 0.1) is 12.8 Å². The summed E-state index contributed by atoms with van der Waals surface area (Å²) in [6, 6.07) is 8.86. The standard InChI is InChI=1S/C17H23NO2/c1-12-6-2-5-9-14(12)15-10-18(11-16(15)17(19)20)13-7-3-4-8-13/h2,5-6,9,13,15-16H,3-4,7-8,10-11H2,1H3,(H,19,20)/t15-,16+/m0/s1. The lowest BCUT2D eigenvalue weighted by Gasteiger charge is -2.23. The van der Waals surface area contributed by atoms with Gasteiger partial charge in [0.1, 0.15) is 0 Å². The molecule has 1 N–H and O–H groups in total. The Bertz CT molecular complexity index is 494. The average Bonchev–Trinajstić information content (AvgIpc) is 3.08. The number of aliphatic carboxylic acids is 1. The molecule has 1 aliphatic carbocycles. The van der Waals surface area contributed by atoms with Gasteiger partial charge in [0.05, 0.1) is 5.92 Å². The van der Waals surface area contributed by atoms with Crippen LogP contribution >= 0.6 is 0 Å². The lowest BCUT2D eigenvalue weighted by atomic mass is 9.86. The Morgan fingerprint density at radius 2 is 1.90 bits per heavy atom. The van der Waals surface area contributed by atoms with Crippen LogP contribution < -0.4 is 0 Å². The quantitative estimate of drug-likeness (QED) is 0.920. The Morgan fingerprint density at radius 3 is 2.55 bits per heavy atom. The van der Waals surface area contributed by atoms with Crippen LogP contribution in [0.1, 0.15) is 42.7 Å². The summed E-state index contributed by atoms with van der Waals surface area (Å²) in [5.41, 5.74) is 2.44. The molecule has 1 saturated heterocycles. The van der Waals surface area contributed by atoms with Crippen LogP contribution in [0.4, 0.5) is 0 Å². The van der Waals surface area contributed by atoms with Crippen LogP contribution in [0.25, 0.3) is 0 Å². The number of nitrogens with zero attached hydrogens (tertiary/aromatic N) is 1. The zero-order valence-electron chi connectivity index (χ0n) is 12.1. The van der Waals surface area contributed by atoms with E-state index in [0.29, 0.717) is 6.04 Å². The van der Waals surface area contributed by atoms with Crippen LogP contribution in [0.2, 0.25) is 0 Å². The normalized spacial score (nSPS) is 28.1. The van der Waals surface area contributed by atoms with Gasteiger partial charge in [0, 0.05) is 25.0 Å². The van der Waals surface area contributed by atoms with Crippen molar-refractivity contribution in [2.24, 2.45) is 5.92 Å². The number of hydrogen-bond donors (Lipinski definition) is 1. The molecule has 3 heteroatoms. The monoisotopic (exact) mass is 273 g/mol. The van der Waals surface area contributed by atoms with E-state index in [2.05, 4.69) is 24.0 Å². The van der Waals surface area contributed by atoms with Crippen molar-refractivity contribution >= 4 is 5.97 Å². The van der Waals surface area contributed by atoms with Crippen LogP contribution in [0.3, 0.4) is 0 Å². The van der Waals surface area contributed by atoms with Gasteiger partial charge in [0.2, 0.25) is 0 Å². The molecule has 2 fully saturated rings. The van der Waals surface area contributed by atoms with Gasteiger partial charge in [0.15, 0.2) is 0 Å². The number of hydrogen-bond acceptors (Lipinski definition) is 2. The van der Waals surface area contributed by atoms with E-state index in [1.54, 1.807) is 0 Å². The minimum absolute atomic E-state index is 0.147. The SMILES string of the molecule is Cc1ccccc1[C@@H]1CN(C2CCCC2)C[C@H]1C(=O)O. The van der Waals surface area contributed by atoms with Gasteiger partial charge in [-0.3, -0.25) is 9.69 Å². The summed E-state index contributed by atoms with van der Waals surface area (Å²) in [4.78, 5) is 14.1. The summed E-state index contributed by atoms with van der Waals surface area (Å²) in [5, 5.41) is 9.57. The number of carbonyl (C=O) groups is 1. The average molecular weight is 273 g/mol. The van der Waals surface area contributed by atoms with E-state index in [9.17, 15) is 9.90 Å². The molecule has 1 saturated carbocycles. The fourth-order valence-corrected chi connectivity index (χ4v) is 3.97. The molecule has 1 heterocycles. The number of carboxylic acid groups (broad SMARTS) is 1. The molecule has 3 rings (SSSR count). The van der Waals surface area contributed by atoms with Gasteiger partial charge < -0.3 is 5.11 Å². The molecule has 1 aromatic carbocycles. The highest BCUT2D eigenvalue weighted by atomic mass is 16.4. The molecule has 2 atom stereocenters. The topological polar surface area (TPSA) is 40.5 Å². The second kappa shape index (κ2) is 5.57. The highest BCUT2D eigenvalue weighted by molar-refractivity contribution is 5.72. The lowest BCUT2D eigenvalue weighted by Crippen LogP contribution is -2.31. The molecular weight excluding hydrogens is 250 g/mol. The molecule has 0 radical (unpaired) electrons. The molecule has 108 valence electrons. The number of benzene rings is 1. The van der Waals surface area contributed by atoms with Gasteiger partial charge in [-0.05, 0) is 30.9 Å². The molecule has 0 aromatic heterocycles. The summed E-state index contributed by atoms with van der Waals surface area (Å²) >= 11 is 0. The Kier molecular flexibility index (Phi) is 3.79. The van der Waals surface area contributed by atoms with Crippen molar-refractivity contribution in [3.8, 4) is 0 Å². The Labute approximate surface area is 120 Å². The number of carboxylic acids is 1. The predicted molar refractivity (Wildman–Crippen MR) is 78.9 cm³/mol. The largest absolute Gasteiger partial charge is 0.481 e. The first-order valence-electron chi connectivity index (χ1n) is 7.69. The second-order valence-electron chi connectivity index (χ2n) is 6.30. The molecule has 1 aliphatic heterocycles. The summed E-state index contributed by atoms with van der Waals surface area (Å²) in [6.45, 7) is 3.72. The summed E-state index contributed by atoms with van der Waals surface area (Å²) in [7, 11) is 0. The van der Waals surface area contributed by atoms with Gasteiger partial charge in [-0.25, -0.2) is 0 Å². The van der Waals surface area contributed by atoms with Crippen LogP contribution in [-0.4, -0.2) is 35.1 Å². The lowest BCUT2D eigenvalue weighted by molar-refractivity contribution is -0.141. The van der Waals surface area contributed by atoms with E-state index in [-0.39, 0.29) is 11.8 Å². The molecular formula is C17H23NO2. The van der Waals surface area contributed by atoms with Crippen molar-refractivity contribution in [2.75, 3.05) is 13.1 Å². The van der Waals surface area contributed by atoms with E-state index >= 15 is 0 Å². The van der Waals surface area contributed by atoms with Gasteiger partial charge in [-0.15, -0.1) is 0 Å². The van der Waals surface area contributed by atoms with Gasteiger partial charge in [0.25, 0.3) is 0 Å². The molecule has 0 amide bonds. The second-order valence-corrected chi connectivity index (χ2v) is 6.30. The van der Waals surface area contributed by atoms with Crippen LogP contribution in [0.15, 0.2) is 24.3 Å². The first-order valence-corrected chi connectivity index (χ1v) is 7.69. The first kappa shape index (κ1) is 13.6. The minimum atomic E-state index is -0.640. The number of aryl methyl sites for hydroxylation is 1. The number of likely N-dealkylation sites (tertiary alicyclic amines) is 1. The zero-order chi connectivity index (χ0) is 14.1. The highest BCUT2D eigenvalue weighted by Gasteiger charge is 2.41. The predicted octanol–water partition coefficient (Wildman–Crippen LogP) is 3.04. The summed E-state index contributed by atoms with van der Waals surface area (Å²) in [5.74, 6) is -0.746. The first-order chi connectivity index (χ1) is 9.66. The highest BCUT2D eigenvalue weighted by Crippen LogP contribution is 2.38. The van der Waals surface area contributed by atoms with Crippen molar-refractivity contribution < 1.29 is 9.90 Å². The maximum atomic E-state index is 11.6. The Balaban J connectivity index is 1.84. The van der Waals surface area contributed by atoms with Gasteiger partial charge in [-0.2, -0.15) is 0 Å². The molecule has 0 unspecified atom stereocenters. The van der Waals surface area contributed by atoms with E-state index in [0.717, 1.165) is 13.1 Å². The van der Waals surface area contributed by atoms with Crippen molar-refractivity contribution in [1.82, 2.24) is 4.90 Å². The third-order valence-electron chi connectivity index (χ3n) is 5.09. The summed E-state index contributed by atoms with van der Waals surface area (Å²) < 4.78 is 0. The van der Waals surface area contributed by atoms with Crippen molar-refractivity contribution in [2.45, 2.75) is 44.6 Å². The maximum absolute atomic E-state index is 11.6. The fourth-order valence-electron chi connectivity index (χ4n) is 3.97. The van der Waals surface area contributed by atoms with Crippen molar-refractivity contribution in [3.63, 3.8) is 0 Å². The van der Waals surface area contributed by atoms with Crippen LogP contribution in [0.5, 0.6) is 0 Å². The van der Waals surface area contributed by atoms with E-state index in [1.807, 2.05) is 12.1 Å². The zero-order valence-corrected chi connectivity index (χ0v) is 12.1. The molecule has 0 bridgehead atoms. The van der Waals surface area contributed by atoms with Crippen molar-refractivity contribution in [1.29, 1.82) is 0 Å². The molecule has 2 aliphatic rings. The third-order valence-corrected chi connectivity index (χ3v) is 5.09. The minimum Gasteiger partial charge on any atom is -0.481 e. The van der Waals surface area contributed by atoms with Crippen molar-refractivity contribution in [3.05, 3.63) is 35.4 Å². The third kappa shape index (κ3) is 2.47. The van der Waals surface area contributed by atoms with E-state index < -0.39 is 5.97 Å². The molecule has 3 nitrogen and oxygen atoms in total. The maximum Gasteiger partial charge on any atom is 0.308 e. The van der Waals surface area contributed by atoms with E-state index in [1.165, 1.54) is 36.8 Å². The van der Waals surface area contributed by atoms with E-state index in [4.69, 9.17) is 0 Å². The van der Waals surface area contributed by atoms with Gasteiger partial charge in [-0.1, -0.05) is 37.1 Å². The molecule has 1 aromatic rings. The fraction of sp³-hybridized carbons (Fsp3) is 0.588. The van der Waals surface area contributed by atoms with Crippen LogP contribution in [-0.2, 0) is 4.79 Å². The Morgan fingerprint density at radius 1 is 1.20 bits per heavy atom. The summed E-state index contributed by atoms with van der Waals surface area (Å²) in [6.07, 6.45) is 5.08.